The van der Waals surface area contributed by atoms with Crippen molar-refractivity contribution in [1.82, 2.24) is 14.9 Å². The third-order valence-electron chi connectivity index (χ3n) is 4.46. The van der Waals surface area contributed by atoms with Crippen LogP contribution < -0.4 is 11.2 Å². The molecule has 3 rings (SSSR count). The molecule has 3 N–H and O–H groups in total. The van der Waals surface area contributed by atoms with Crippen LogP contribution in [0.3, 0.4) is 0 Å². The SMILES string of the molecule is CC[C@H](C)c1ccccc1NC(=O)CSc1nnc(-c2cccc(Cl)c2)n1N. The molecule has 0 spiro atoms. The Morgan fingerprint density at radius 1 is 1.25 bits per heavy atom. The van der Waals surface area contributed by atoms with Gasteiger partial charge in [-0.05, 0) is 36.1 Å². The Balaban J connectivity index is 1.66. The van der Waals surface area contributed by atoms with E-state index in [0.29, 0.717) is 21.9 Å². The van der Waals surface area contributed by atoms with Crippen LogP contribution in [0.25, 0.3) is 11.4 Å². The Morgan fingerprint density at radius 3 is 2.79 bits per heavy atom. The number of rotatable bonds is 7. The highest BCUT2D eigenvalue weighted by molar-refractivity contribution is 7.99. The predicted molar refractivity (Wildman–Crippen MR) is 115 cm³/mol. The van der Waals surface area contributed by atoms with E-state index >= 15 is 0 Å². The van der Waals surface area contributed by atoms with Gasteiger partial charge < -0.3 is 11.2 Å². The van der Waals surface area contributed by atoms with Gasteiger partial charge in [0, 0.05) is 16.3 Å². The average Bonchev–Trinajstić information content (AvgIpc) is 3.06. The number of nitrogens with zero attached hydrogens (tertiary/aromatic N) is 3. The lowest BCUT2D eigenvalue weighted by molar-refractivity contribution is -0.113. The number of thioether (sulfide) groups is 1. The van der Waals surface area contributed by atoms with Crippen LogP contribution in [0.1, 0.15) is 31.7 Å². The normalized spacial score (nSPS) is 12.0. The van der Waals surface area contributed by atoms with E-state index in [2.05, 4.69) is 29.4 Å². The Labute approximate surface area is 173 Å². The molecule has 0 bridgehead atoms. The number of hydrogen-bond acceptors (Lipinski definition) is 5. The number of nitrogens with two attached hydrogens (primary N) is 1. The number of benzene rings is 2. The lowest BCUT2D eigenvalue weighted by atomic mass is 9.97. The predicted octanol–water partition coefficient (Wildman–Crippen LogP) is 4.56. The summed E-state index contributed by atoms with van der Waals surface area (Å²) in [6.07, 6.45) is 1.00. The molecule has 6 nitrogen and oxygen atoms in total. The van der Waals surface area contributed by atoms with E-state index in [0.717, 1.165) is 23.2 Å². The molecule has 1 atom stereocenters. The van der Waals surface area contributed by atoms with Crippen molar-refractivity contribution in [3.8, 4) is 11.4 Å². The second-order valence-corrected chi connectivity index (χ2v) is 7.80. The lowest BCUT2D eigenvalue weighted by Crippen LogP contribution is -2.17. The van der Waals surface area contributed by atoms with Crippen LogP contribution in [0.2, 0.25) is 5.02 Å². The number of hydrogen-bond donors (Lipinski definition) is 2. The van der Waals surface area contributed by atoms with Crippen molar-refractivity contribution in [1.29, 1.82) is 0 Å². The van der Waals surface area contributed by atoms with Gasteiger partial charge in [0.25, 0.3) is 0 Å². The summed E-state index contributed by atoms with van der Waals surface area (Å²) in [4.78, 5) is 12.4. The van der Waals surface area contributed by atoms with E-state index in [4.69, 9.17) is 17.4 Å². The minimum atomic E-state index is -0.118. The van der Waals surface area contributed by atoms with Crippen LogP contribution >= 0.6 is 23.4 Å². The highest BCUT2D eigenvalue weighted by Gasteiger charge is 2.15. The van der Waals surface area contributed by atoms with Crippen LogP contribution in [0, 0.1) is 0 Å². The zero-order valence-electron chi connectivity index (χ0n) is 15.7. The molecule has 0 unspecified atom stereocenters. The molecule has 3 aromatic rings. The molecule has 1 aromatic heterocycles. The van der Waals surface area contributed by atoms with Gasteiger partial charge in [-0.25, -0.2) is 4.68 Å². The summed E-state index contributed by atoms with van der Waals surface area (Å²) in [5.74, 6) is 7.03. The molecule has 0 aliphatic carbocycles. The molecule has 28 heavy (non-hydrogen) atoms. The molecular formula is C20H22ClN5OS. The molecule has 0 aliphatic rings. The molecule has 146 valence electrons. The highest BCUT2D eigenvalue weighted by Crippen LogP contribution is 2.27. The largest absolute Gasteiger partial charge is 0.335 e. The highest BCUT2D eigenvalue weighted by atomic mass is 35.5. The number of anilines is 1. The third-order valence-corrected chi connectivity index (χ3v) is 5.64. The number of para-hydroxylation sites is 1. The summed E-state index contributed by atoms with van der Waals surface area (Å²) in [5, 5.41) is 12.2. The Hall–Kier alpha value is -2.51. The van der Waals surface area contributed by atoms with Crippen LogP contribution in [-0.4, -0.2) is 26.5 Å². The first-order valence-corrected chi connectivity index (χ1v) is 10.3. The second kappa shape index (κ2) is 9.12. The standard InChI is InChI=1S/C20H22ClN5OS/c1-3-13(2)16-9-4-5-10-17(16)23-18(27)12-28-20-25-24-19(26(20)22)14-7-6-8-15(21)11-14/h4-11,13H,3,12,22H2,1-2H3,(H,23,27)/t13-/m0/s1. The number of halogens is 1. The summed E-state index contributed by atoms with van der Waals surface area (Å²) in [6, 6.07) is 15.1. The molecule has 0 aliphatic heterocycles. The van der Waals surface area contributed by atoms with Gasteiger partial charge in [-0.2, -0.15) is 0 Å². The number of nitrogens with one attached hydrogen (secondary N) is 1. The minimum Gasteiger partial charge on any atom is -0.335 e. The Kier molecular flexibility index (Phi) is 6.59. The van der Waals surface area contributed by atoms with Gasteiger partial charge in [0.1, 0.15) is 0 Å². The van der Waals surface area contributed by atoms with Gasteiger partial charge in [-0.3, -0.25) is 4.79 Å². The van der Waals surface area contributed by atoms with Gasteiger partial charge in [0.2, 0.25) is 11.1 Å². The smallest absolute Gasteiger partial charge is 0.234 e. The third kappa shape index (κ3) is 4.66. The summed E-state index contributed by atoms with van der Waals surface area (Å²) in [7, 11) is 0. The second-order valence-electron chi connectivity index (χ2n) is 6.42. The van der Waals surface area contributed by atoms with Gasteiger partial charge >= 0.3 is 0 Å². The summed E-state index contributed by atoms with van der Waals surface area (Å²) in [5.41, 5.74) is 2.74. The van der Waals surface area contributed by atoms with Gasteiger partial charge in [0.15, 0.2) is 5.82 Å². The number of nitrogen functional groups attached to an aromatic ring is 1. The minimum absolute atomic E-state index is 0.118. The maximum Gasteiger partial charge on any atom is 0.234 e. The van der Waals surface area contributed by atoms with E-state index in [1.54, 1.807) is 12.1 Å². The van der Waals surface area contributed by atoms with Crippen molar-refractivity contribution in [2.75, 3.05) is 16.9 Å². The summed E-state index contributed by atoms with van der Waals surface area (Å²) < 4.78 is 1.37. The van der Waals surface area contributed by atoms with Gasteiger partial charge in [-0.1, -0.05) is 67.5 Å². The van der Waals surface area contributed by atoms with E-state index in [1.165, 1.54) is 16.4 Å². The number of aromatic nitrogens is 3. The molecular weight excluding hydrogens is 394 g/mol. The molecule has 0 saturated heterocycles. The Morgan fingerprint density at radius 2 is 2.04 bits per heavy atom. The van der Waals surface area contributed by atoms with Crippen LogP contribution in [0.4, 0.5) is 5.69 Å². The Bertz CT molecular complexity index is 975. The molecule has 1 heterocycles. The summed E-state index contributed by atoms with van der Waals surface area (Å²) >= 11 is 7.26. The fourth-order valence-electron chi connectivity index (χ4n) is 2.78. The maximum absolute atomic E-state index is 12.4. The van der Waals surface area contributed by atoms with Crippen molar-refractivity contribution < 1.29 is 4.79 Å². The van der Waals surface area contributed by atoms with E-state index in [1.807, 2.05) is 36.4 Å². The number of carbonyl (C=O) groups is 1. The number of amides is 1. The van der Waals surface area contributed by atoms with Crippen molar-refractivity contribution >= 4 is 35.0 Å². The zero-order chi connectivity index (χ0) is 20.1. The van der Waals surface area contributed by atoms with E-state index < -0.39 is 0 Å². The first-order chi connectivity index (χ1) is 13.5. The van der Waals surface area contributed by atoms with Crippen LogP contribution in [-0.2, 0) is 4.79 Å². The first-order valence-electron chi connectivity index (χ1n) is 8.97. The van der Waals surface area contributed by atoms with Crippen LogP contribution in [0.5, 0.6) is 0 Å². The zero-order valence-corrected chi connectivity index (χ0v) is 17.3. The van der Waals surface area contributed by atoms with Gasteiger partial charge in [0.05, 0.1) is 5.75 Å². The molecule has 2 aromatic carbocycles. The van der Waals surface area contributed by atoms with Crippen molar-refractivity contribution in [3.63, 3.8) is 0 Å². The lowest BCUT2D eigenvalue weighted by Gasteiger charge is -2.15. The molecule has 8 heteroatoms. The summed E-state index contributed by atoms with van der Waals surface area (Å²) in [6.45, 7) is 4.28. The van der Waals surface area contributed by atoms with Crippen LogP contribution in [0.15, 0.2) is 53.7 Å². The first kappa shape index (κ1) is 20.2. The fourth-order valence-corrected chi connectivity index (χ4v) is 3.62. The topological polar surface area (TPSA) is 85.8 Å². The fraction of sp³-hybridized carbons (Fsp3) is 0.250. The maximum atomic E-state index is 12.4. The van der Waals surface area contributed by atoms with Gasteiger partial charge in [-0.15, -0.1) is 10.2 Å². The number of carbonyl (C=O) groups excluding carboxylic acids is 1. The monoisotopic (exact) mass is 415 g/mol. The molecule has 1 amide bonds. The molecule has 0 radical (unpaired) electrons. The van der Waals surface area contributed by atoms with Crippen molar-refractivity contribution in [2.24, 2.45) is 0 Å². The van der Waals surface area contributed by atoms with Crippen molar-refractivity contribution in [2.45, 2.75) is 31.3 Å². The van der Waals surface area contributed by atoms with Crippen molar-refractivity contribution in [3.05, 3.63) is 59.1 Å². The van der Waals surface area contributed by atoms with E-state index in [-0.39, 0.29) is 11.7 Å². The average molecular weight is 416 g/mol. The molecule has 0 saturated carbocycles. The van der Waals surface area contributed by atoms with E-state index in [9.17, 15) is 4.79 Å². The molecule has 0 fully saturated rings. The quantitative estimate of drug-likeness (QED) is 0.436.